The van der Waals surface area contributed by atoms with E-state index in [0.717, 1.165) is 11.1 Å². The lowest BCUT2D eigenvalue weighted by Gasteiger charge is -2.54. The van der Waals surface area contributed by atoms with Crippen molar-refractivity contribution in [2.24, 2.45) is 5.41 Å². The monoisotopic (exact) mass is 355 g/mol. The normalized spacial score (nSPS) is 19.6. The summed E-state index contributed by atoms with van der Waals surface area (Å²) in [4.78, 5) is 0.408. The number of hydrogen-bond donors (Lipinski definition) is 0. The smallest absolute Gasteiger partial charge is 0.207 e. The summed E-state index contributed by atoms with van der Waals surface area (Å²) < 4.78 is 27.2. The highest BCUT2D eigenvalue weighted by Gasteiger charge is 2.51. The Morgan fingerprint density at radius 2 is 1.64 bits per heavy atom. The van der Waals surface area contributed by atoms with Gasteiger partial charge < -0.3 is 0 Å². The Hall–Kier alpha value is -1.65. The lowest BCUT2D eigenvalue weighted by molar-refractivity contribution is -0.00794. The van der Waals surface area contributed by atoms with Crippen molar-refractivity contribution in [3.05, 3.63) is 54.1 Å². The van der Waals surface area contributed by atoms with Crippen molar-refractivity contribution < 1.29 is 8.42 Å². The van der Waals surface area contributed by atoms with E-state index in [-0.39, 0.29) is 0 Å². The Morgan fingerprint density at radius 1 is 0.960 bits per heavy atom. The van der Waals surface area contributed by atoms with Crippen LogP contribution in [0.5, 0.6) is 0 Å². The molecule has 2 fully saturated rings. The van der Waals surface area contributed by atoms with Gasteiger partial charge in [0.2, 0.25) is 10.0 Å². The molecule has 0 unspecified atom stereocenters. The third kappa shape index (κ3) is 2.91. The molecule has 1 aliphatic carbocycles. The highest BCUT2D eigenvalue weighted by Crippen LogP contribution is 2.49. The van der Waals surface area contributed by atoms with Crippen molar-refractivity contribution in [1.82, 2.24) is 4.31 Å². The molecule has 0 radical (unpaired) electrons. The predicted molar refractivity (Wildman–Crippen MR) is 101 cm³/mol. The molecule has 3 nitrogen and oxygen atoms in total. The molecule has 4 rings (SSSR count). The number of benzene rings is 2. The lowest BCUT2D eigenvalue weighted by atomic mass is 9.65. The molecule has 1 aliphatic heterocycles. The van der Waals surface area contributed by atoms with Crippen LogP contribution < -0.4 is 0 Å². The van der Waals surface area contributed by atoms with E-state index in [1.54, 1.807) is 16.4 Å². The van der Waals surface area contributed by atoms with Gasteiger partial charge in [-0.15, -0.1) is 0 Å². The minimum absolute atomic E-state index is 0.310. The predicted octanol–water partition coefficient (Wildman–Crippen LogP) is 4.65. The van der Waals surface area contributed by atoms with Crippen molar-refractivity contribution in [2.45, 2.75) is 43.9 Å². The summed E-state index contributed by atoms with van der Waals surface area (Å²) in [7, 11) is -3.34. The molecule has 0 N–H and O–H groups in total. The van der Waals surface area contributed by atoms with E-state index in [2.05, 4.69) is 38.1 Å². The van der Waals surface area contributed by atoms with Gasteiger partial charge in [0.25, 0.3) is 0 Å². The van der Waals surface area contributed by atoms with Crippen LogP contribution in [0.3, 0.4) is 0 Å². The highest BCUT2D eigenvalue weighted by molar-refractivity contribution is 7.89. The van der Waals surface area contributed by atoms with Gasteiger partial charge in [-0.2, -0.15) is 4.31 Å². The molecule has 1 saturated heterocycles. The summed E-state index contributed by atoms with van der Waals surface area (Å²) in [5, 5.41) is 0. The Labute approximate surface area is 150 Å². The summed E-state index contributed by atoms with van der Waals surface area (Å²) in [6, 6.07) is 15.8. The standard InChI is InChI=1S/C21H25NO2S/c1-16(2)18-5-3-6-19(13-18)17-7-9-20(10-8-17)25(23,24)22-14-21(15-22)11-4-12-21/h3,5-10,13,16H,4,11-12,14-15H2,1-2H3. The number of nitrogens with zero attached hydrogens (tertiary/aromatic N) is 1. The van der Waals surface area contributed by atoms with Gasteiger partial charge in [-0.1, -0.05) is 56.7 Å². The lowest BCUT2D eigenvalue weighted by Crippen LogP contribution is -2.61. The van der Waals surface area contributed by atoms with Crippen molar-refractivity contribution in [3.8, 4) is 11.1 Å². The fraction of sp³-hybridized carbons (Fsp3) is 0.429. The first-order valence-corrected chi connectivity index (χ1v) is 10.5. The molecule has 1 saturated carbocycles. The van der Waals surface area contributed by atoms with Gasteiger partial charge in [0.1, 0.15) is 0 Å². The van der Waals surface area contributed by atoms with Crippen molar-refractivity contribution in [1.29, 1.82) is 0 Å². The number of hydrogen-bond acceptors (Lipinski definition) is 2. The van der Waals surface area contributed by atoms with E-state index in [1.165, 1.54) is 24.8 Å². The first-order chi connectivity index (χ1) is 11.9. The van der Waals surface area contributed by atoms with Crippen LogP contribution in [-0.4, -0.2) is 25.8 Å². The van der Waals surface area contributed by atoms with Crippen LogP contribution in [-0.2, 0) is 10.0 Å². The maximum Gasteiger partial charge on any atom is 0.243 e. The summed E-state index contributed by atoms with van der Waals surface area (Å²) >= 11 is 0. The van der Waals surface area contributed by atoms with E-state index in [4.69, 9.17) is 0 Å². The van der Waals surface area contributed by atoms with Gasteiger partial charge in [0.05, 0.1) is 4.90 Å². The van der Waals surface area contributed by atoms with Gasteiger partial charge in [-0.3, -0.25) is 0 Å². The van der Waals surface area contributed by atoms with Crippen molar-refractivity contribution in [3.63, 3.8) is 0 Å². The second-order valence-corrected chi connectivity index (χ2v) is 9.87. The first-order valence-electron chi connectivity index (χ1n) is 9.10. The highest BCUT2D eigenvalue weighted by atomic mass is 32.2. The van der Waals surface area contributed by atoms with E-state index >= 15 is 0 Å². The molecule has 25 heavy (non-hydrogen) atoms. The van der Waals surface area contributed by atoms with Gasteiger partial charge in [0, 0.05) is 13.1 Å². The number of rotatable bonds is 4. The molecule has 0 atom stereocenters. The molecule has 1 heterocycles. The van der Waals surface area contributed by atoms with E-state index in [0.29, 0.717) is 29.3 Å². The van der Waals surface area contributed by atoms with Crippen molar-refractivity contribution in [2.75, 3.05) is 13.1 Å². The second kappa shape index (κ2) is 5.96. The van der Waals surface area contributed by atoms with Gasteiger partial charge in [-0.25, -0.2) is 8.42 Å². The average molecular weight is 356 g/mol. The number of sulfonamides is 1. The average Bonchev–Trinajstić information content (AvgIpc) is 2.52. The maximum atomic E-state index is 12.8. The summed E-state index contributed by atoms with van der Waals surface area (Å²) in [6.45, 7) is 5.76. The fourth-order valence-corrected chi connectivity index (χ4v) is 5.58. The zero-order valence-corrected chi connectivity index (χ0v) is 15.7. The maximum absolute atomic E-state index is 12.8. The Bertz CT molecular complexity index is 872. The SMILES string of the molecule is CC(C)c1cccc(-c2ccc(S(=O)(=O)N3CC4(CCC4)C3)cc2)c1. The molecular formula is C21H25NO2S. The van der Waals surface area contributed by atoms with Gasteiger partial charge >= 0.3 is 0 Å². The molecule has 0 amide bonds. The molecule has 2 aromatic carbocycles. The largest absolute Gasteiger partial charge is 0.243 e. The topological polar surface area (TPSA) is 37.4 Å². The van der Waals surface area contributed by atoms with Crippen LogP contribution >= 0.6 is 0 Å². The minimum atomic E-state index is -3.34. The van der Waals surface area contributed by atoms with Crippen LogP contribution in [0.25, 0.3) is 11.1 Å². The minimum Gasteiger partial charge on any atom is -0.207 e. The molecule has 4 heteroatoms. The molecule has 1 spiro atoms. The molecule has 0 bridgehead atoms. The third-order valence-electron chi connectivity index (χ3n) is 5.82. The third-order valence-corrected chi connectivity index (χ3v) is 7.62. The Balaban J connectivity index is 1.55. The van der Waals surface area contributed by atoms with E-state index in [9.17, 15) is 8.42 Å². The van der Waals surface area contributed by atoms with E-state index in [1.807, 2.05) is 12.1 Å². The summed E-state index contributed by atoms with van der Waals surface area (Å²) in [5.74, 6) is 0.477. The second-order valence-electron chi connectivity index (χ2n) is 7.93. The summed E-state index contributed by atoms with van der Waals surface area (Å²) in [6.07, 6.45) is 3.62. The van der Waals surface area contributed by atoms with Crippen LogP contribution in [0, 0.1) is 5.41 Å². The zero-order chi connectivity index (χ0) is 17.7. The fourth-order valence-electron chi connectivity index (χ4n) is 3.91. The van der Waals surface area contributed by atoms with Crippen LogP contribution in [0.4, 0.5) is 0 Å². The molecule has 2 aromatic rings. The quantitative estimate of drug-likeness (QED) is 0.800. The van der Waals surface area contributed by atoms with Crippen molar-refractivity contribution >= 4 is 10.0 Å². The molecule has 0 aromatic heterocycles. The van der Waals surface area contributed by atoms with Crippen LogP contribution in [0.2, 0.25) is 0 Å². The summed E-state index contributed by atoms with van der Waals surface area (Å²) in [5.41, 5.74) is 3.79. The van der Waals surface area contributed by atoms with Gasteiger partial charge in [-0.05, 0) is 53.0 Å². The van der Waals surface area contributed by atoms with Crippen LogP contribution in [0.15, 0.2) is 53.4 Å². The Morgan fingerprint density at radius 3 is 2.20 bits per heavy atom. The zero-order valence-electron chi connectivity index (χ0n) is 14.9. The molecule has 2 aliphatic rings. The Kier molecular flexibility index (Phi) is 4.00. The molecule has 132 valence electrons. The van der Waals surface area contributed by atoms with Crippen LogP contribution in [0.1, 0.15) is 44.6 Å². The molecular weight excluding hydrogens is 330 g/mol. The van der Waals surface area contributed by atoms with Gasteiger partial charge in [0.15, 0.2) is 0 Å². The first kappa shape index (κ1) is 16.8. The van der Waals surface area contributed by atoms with E-state index < -0.39 is 10.0 Å².